The number of hydrogen-bond acceptors (Lipinski definition) is 4. The Morgan fingerprint density at radius 3 is 2.65 bits per heavy atom. The van der Waals surface area contributed by atoms with Gasteiger partial charge in [-0.15, -0.1) is 0 Å². The number of carboxylic acid groups (broad SMARTS) is 1. The fourth-order valence-corrected chi connectivity index (χ4v) is 3.32. The van der Waals surface area contributed by atoms with Gasteiger partial charge in [0.1, 0.15) is 0 Å². The van der Waals surface area contributed by atoms with E-state index >= 15 is 4.39 Å². The Labute approximate surface area is 159 Å². The van der Waals surface area contributed by atoms with Gasteiger partial charge in [0.25, 0.3) is 0 Å². The molecule has 0 amide bonds. The molecule has 3 N–H and O–H groups in total. The van der Waals surface area contributed by atoms with Crippen LogP contribution in [0.25, 0.3) is 11.1 Å². The number of carbonyl (C=O) groups is 1. The Morgan fingerprint density at radius 1 is 1.31 bits per heavy atom. The van der Waals surface area contributed by atoms with E-state index in [4.69, 9.17) is 38.4 Å². The fourth-order valence-electron chi connectivity index (χ4n) is 2.93. The molecule has 138 valence electrons. The van der Waals surface area contributed by atoms with Crippen molar-refractivity contribution >= 4 is 34.9 Å². The molecular weight excluding hydrogens is 384 g/mol. The summed E-state index contributed by atoms with van der Waals surface area (Å²) in [5, 5.41) is 9.74. The van der Waals surface area contributed by atoms with Crippen molar-refractivity contribution in [1.82, 2.24) is 0 Å². The molecule has 0 spiro atoms. The number of nitrogens with two attached hydrogens (primary N) is 1. The van der Waals surface area contributed by atoms with E-state index in [1.165, 1.54) is 6.07 Å². The maximum atomic E-state index is 15.0. The van der Waals surface area contributed by atoms with Crippen LogP contribution in [0.15, 0.2) is 24.3 Å². The Balaban J connectivity index is 2.12. The molecule has 2 aromatic rings. The Morgan fingerprint density at radius 2 is 2.00 bits per heavy atom. The average Bonchev–Trinajstić information content (AvgIpc) is 3.12. The molecular formula is C18H16Cl2FNO4. The van der Waals surface area contributed by atoms with Gasteiger partial charge in [0.05, 0.1) is 34.5 Å². The molecule has 1 heterocycles. The van der Waals surface area contributed by atoms with Crippen molar-refractivity contribution in [2.75, 3.05) is 18.9 Å². The van der Waals surface area contributed by atoms with Gasteiger partial charge in [-0.25, -0.2) is 9.18 Å². The summed E-state index contributed by atoms with van der Waals surface area (Å²) in [6, 6.07) is 6.19. The van der Waals surface area contributed by atoms with Crippen molar-refractivity contribution in [3.63, 3.8) is 0 Å². The van der Waals surface area contributed by atoms with E-state index in [9.17, 15) is 9.90 Å². The van der Waals surface area contributed by atoms with E-state index in [0.29, 0.717) is 37.2 Å². The molecule has 1 aliphatic heterocycles. The summed E-state index contributed by atoms with van der Waals surface area (Å²) in [6.45, 7) is 0.988. The third-order valence-electron chi connectivity index (χ3n) is 4.18. The first-order chi connectivity index (χ1) is 12.4. The number of anilines is 1. The van der Waals surface area contributed by atoms with Crippen LogP contribution in [0, 0.1) is 5.82 Å². The molecule has 26 heavy (non-hydrogen) atoms. The maximum absolute atomic E-state index is 15.0. The first-order valence-electron chi connectivity index (χ1n) is 7.92. The normalized spacial score (nSPS) is 14.7. The van der Waals surface area contributed by atoms with Crippen molar-refractivity contribution in [2.45, 2.75) is 19.1 Å². The number of benzene rings is 2. The summed E-state index contributed by atoms with van der Waals surface area (Å²) >= 11 is 12.3. The molecule has 5 nitrogen and oxygen atoms in total. The molecule has 8 heteroatoms. The number of ether oxygens (including phenoxy) is 2. The molecule has 2 aromatic carbocycles. The highest BCUT2D eigenvalue weighted by atomic mass is 35.5. The Bertz CT molecular complexity index is 854. The molecule has 1 saturated heterocycles. The van der Waals surface area contributed by atoms with Crippen molar-refractivity contribution in [3.8, 4) is 11.1 Å². The number of aromatic carboxylic acids is 1. The van der Waals surface area contributed by atoms with Crippen molar-refractivity contribution in [2.24, 2.45) is 0 Å². The molecule has 1 fully saturated rings. The minimum atomic E-state index is -1.31. The summed E-state index contributed by atoms with van der Waals surface area (Å²) in [5.74, 6) is -2.14. The molecule has 0 bridgehead atoms. The molecule has 3 rings (SSSR count). The number of nitrogen functional groups attached to an aromatic ring is 1. The Hall–Kier alpha value is -1.86. The summed E-state index contributed by atoms with van der Waals surface area (Å²) in [5.41, 5.74) is 5.90. The molecule has 0 radical (unpaired) electrons. The lowest BCUT2D eigenvalue weighted by atomic mass is 9.92. The van der Waals surface area contributed by atoms with Crippen LogP contribution >= 0.6 is 23.2 Å². The molecule has 0 aliphatic carbocycles. The molecule has 0 unspecified atom stereocenters. The van der Waals surface area contributed by atoms with Crippen LogP contribution in [0.3, 0.4) is 0 Å². The minimum Gasteiger partial charge on any atom is -0.478 e. The number of rotatable bonds is 5. The summed E-state index contributed by atoms with van der Waals surface area (Å²) in [4.78, 5) is 11.4. The van der Waals surface area contributed by atoms with Crippen LogP contribution in [0.1, 0.15) is 22.3 Å². The third kappa shape index (κ3) is 3.64. The highest BCUT2D eigenvalue weighted by molar-refractivity contribution is 6.43. The van der Waals surface area contributed by atoms with Crippen molar-refractivity contribution in [3.05, 3.63) is 51.3 Å². The third-order valence-corrected chi connectivity index (χ3v) is 5.00. The van der Waals surface area contributed by atoms with Gasteiger partial charge in [-0.3, -0.25) is 0 Å². The quantitative estimate of drug-likeness (QED) is 0.728. The van der Waals surface area contributed by atoms with Crippen LogP contribution in [0.2, 0.25) is 10.0 Å². The summed E-state index contributed by atoms with van der Waals surface area (Å²) < 4.78 is 25.8. The lowest BCUT2D eigenvalue weighted by Crippen LogP contribution is -2.12. The predicted molar refractivity (Wildman–Crippen MR) is 97.2 cm³/mol. The first kappa shape index (κ1) is 18.9. The zero-order valence-corrected chi connectivity index (χ0v) is 15.1. The van der Waals surface area contributed by atoms with E-state index in [1.54, 1.807) is 18.2 Å². The number of hydrogen-bond donors (Lipinski definition) is 2. The van der Waals surface area contributed by atoms with Crippen LogP contribution in [-0.2, 0) is 15.9 Å². The van der Waals surface area contributed by atoms with Gasteiger partial charge in [-0.1, -0.05) is 35.3 Å². The number of carboxylic acids is 1. The van der Waals surface area contributed by atoms with Crippen LogP contribution < -0.4 is 5.73 Å². The Kier molecular flexibility index (Phi) is 5.67. The zero-order valence-electron chi connectivity index (χ0n) is 13.6. The van der Waals surface area contributed by atoms with Gasteiger partial charge in [-0.2, -0.15) is 0 Å². The fraction of sp³-hybridized carbons (Fsp3) is 0.278. The summed E-state index contributed by atoms with van der Waals surface area (Å²) in [6.07, 6.45) is 0.347. The smallest absolute Gasteiger partial charge is 0.337 e. The monoisotopic (exact) mass is 399 g/mol. The topological polar surface area (TPSA) is 81.8 Å². The van der Waals surface area contributed by atoms with Gasteiger partial charge >= 0.3 is 5.97 Å². The van der Waals surface area contributed by atoms with Gasteiger partial charge in [-0.05, 0) is 24.1 Å². The van der Waals surface area contributed by atoms with Gasteiger partial charge in [0.15, 0.2) is 12.1 Å². The average molecular weight is 400 g/mol. The van der Waals surface area contributed by atoms with E-state index in [-0.39, 0.29) is 21.2 Å². The van der Waals surface area contributed by atoms with E-state index < -0.39 is 23.8 Å². The standard InChI is InChI=1S/C18H16Cl2FNO4/c19-12-3-1-2-10(15(12)20)14-9(4-5-13-25-6-7-26-13)8-11(18(23)24)17(22)16(14)21/h1-3,8,13H,4-7,22H2,(H,23,24). The minimum absolute atomic E-state index is 0.137. The van der Waals surface area contributed by atoms with Crippen LogP contribution in [-0.4, -0.2) is 30.6 Å². The molecule has 0 atom stereocenters. The number of halogens is 3. The SMILES string of the molecule is Nc1c(C(=O)O)cc(CCC2OCCO2)c(-c2cccc(Cl)c2Cl)c1F. The largest absolute Gasteiger partial charge is 0.478 e. The van der Waals surface area contributed by atoms with E-state index in [2.05, 4.69) is 0 Å². The van der Waals surface area contributed by atoms with Crippen LogP contribution in [0.5, 0.6) is 0 Å². The number of aryl methyl sites for hydroxylation is 1. The molecule has 0 saturated carbocycles. The van der Waals surface area contributed by atoms with Gasteiger partial charge < -0.3 is 20.3 Å². The van der Waals surface area contributed by atoms with Crippen LogP contribution in [0.4, 0.5) is 10.1 Å². The van der Waals surface area contributed by atoms with E-state index in [0.717, 1.165) is 0 Å². The predicted octanol–water partition coefficient (Wildman–Crippen LogP) is 4.39. The molecule has 0 aromatic heterocycles. The summed E-state index contributed by atoms with van der Waals surface area (Å²) in [7, 11) is 0. The highest BCUT2D eigenvalue weighted by Gasteiger charge is 2.24. The second-order valence-corrected chi connectivity index (χ2v) is 6.59. The second-order valence-electron chi connectivity index (χ2n) is 5.80. The van der Waals surface area contributed by atoms with Crippen molar-refractivity contribution in [1.29, 1.82) is 0 Å². The zero-order chi connectivity index (χ0) is 18.8. The maximum Gasteiger partial charge on any atom is 0.337 e. The first-order valence-corrected chi connectivity index (χ1v) is 8.67. The van der Waals surface area contributed by atoms with E-state index in [1.807, 2.05) is 0 Å². The van der Waals surface area contributed by atoms with Gasteiger partial charge in [0.2, 0.25) is 0 Å². The molecule has 1 aliphatic rings. The second kappa shape index (κ2) is 7.80. The van der Waals surface area contributed by atoms with Crippen molar-refractivity contribution < 1.29 is 23.8 Å². The lowest BCUT2D eigenvalue weighted by Gasteiger charge is -2.17. The highest BCUT2D eigenvalue weighted by Crippen LogP contribution is 2.40. The van der Waals surface area contributed by atoms with Gasteiger partial charge in [0, 0.05) is 17.5 Å². The lowest BCUT2D eigenvalue weighted by molar-refractivity contribution is -0.0461.